The van der Waals surface area contributed by atoms with Crippen LogP contribution in [0.3, 0.4) is 0 Å². The number of carboxylic acid groups (broad SMARTS) is 1. The third-order valence-electron chi connectivity index (χ3n) is 7.33. The highest BCUT2D eigenvalue weighted by atomic mass is 16.4. The van der Waals surface area contributed by atoms with Crippen molar-refractivity contribution in [3.63, 3.8) is 0 Å². The van der Waals surface area contributed by atoms with Gasteiger partial charge in [0.15, 0.2) is 0 Å². The second-order valence-corrected chi connectivity index (χ2v) is 9.73. The Morgan fingerprint density at radius 3 is 2.25 bits per heavy atom. The first-order chi connectivity index (χ1) is 15.5. The second kappa shape index (κ2) is 10.6. The monoisotopic (exact) mass is 436 g/mol. The molecule has 0 aliphatic carbocycles. The number of carboxylic acids is 1. The number of carbonyl (C=O) groups is 1. The lowest BCUT2D eigenvalue weighted by Crippen LogP contribution is -2.46. The third-order valence-corrected chi connectivity index (χ3v) is 7.33. The highest BCUT2D eigenvalue weighted by Crippen LogP contribution is 2.35. The Morgan fingerprint density at radius 1 is 0.938 bits per heavy atom. The van der Waals surface area contributed by atoms with Crippen LogP contribution in [-0.4, -0.2) is 70.9 Å². The summed E-state index contributed by atoms with van der Waals surface area (Å²) in [4.78, 5) is 15.8. The van der Waals surface area contributed by atoms with Gasteiger partial charge < -0.3 is 15.1 Å². The van der Waals surface area contributed by atoms with Gasteiger partial charge in [-0.05, 0) is 49.1 Å². The van der Waals surface area contributed by atoms with Crippen molar-refractivity contribution in [1.29, 1.82) is 0 Å². The van der Waals surface area contributed by atoms with E-state index in [0.29, 0.717) is 11.8 Å². The summed E-state index contributed by atoms with van der Waals surface area (Å²) in [6.07, 6.45) is 4.54. The summed E-state index contributed by atoms with van der Waals surface area (Å²) in [5, 5.41) is 20.4. The molecule has 0 amide bonds. The van der Waals surface area contributed by atoms with Crippen LogP contribution in [0, 0.1) is 5.92 Å². The average molecular weight is 437 g/mol. The van der Waals surface area contributed by atoms with Crippen LogP contribution in [0.15, 0.2) is 60.7 Å². The molecule has 0 radical (unpaired) electrons. The van der Waals surface area contributed by atoms with Gasteiger partial charge in [0.25, 0.3) is 0 Å². The van der Waals surface area contributed by atoms with Crippen molar-refractivity contribution in [3.8, 4) is 0 Å². The number of aliphatic hydroxyl groups is 1. The predicted molar refractivity (Wildman–Crippen MR) is 127 cm³/mol. The van der Waals surface area contributed by atoms with E-state index in [9.17, 15) is 15.0 Å². The van der Waals surface area contributed by atoms with Gasteiger partial charge in [0.05, 0.1) is 12.1 Å². The predicted octanol–water partition coefficient (Wildman–Crippen LogP) is 3.64. The summed E-state index contributed by atoms with van der Waals surface area (Å²) in [6, 6.07) is 21.0. The number of hydrogen-bond donors (Lipinski definition) is 2. The summed E-state index contributed by atoms with van der Waals surface area (Å²) in [5.41, 5.74) is 2.10. The number of piperidine rings is 1. The number of nitrogens with zero attached hydrogens (tertiary/aromatic N) is 2. The van der Waals surface area contributed by atoms with Crippen molar-refractivity contribution in [2.75, 3.05) is 39.3 Å². The molecule has 2 aliphatic rings. The van der Waals surface area contributed by atoms with Gasteiger partial charge in [-0.3, -0.25) is 9.69 Å². The fourth-order valence-corrected chi connectivity index (χ4v) is 5.54. The Balaban J connectivity index is 1.29. The highest BCUT2D eigenvalue weighted by Gasteiger charge is 2.38. The number of aliphatic carboxylic acids is 1. The van der Waals surface area contributed by atoms with E-state index >= 15 is 0 Å². The minimum atomic E-state index is -0.754. The zero-order valence-corrected chi connectivity index (χ0v) is 18.9. The first kappa shape index (κ1) is 23.0. The zero-order chi connectivity index (χ0) is 22.4. The van der Waals surface area contributed by atoms with Gasteiger partial charge in [-0.1, -0.05) is 60.7 Å². The van der Waals surface area contributed by atoms with Crippen molar-refractivity contribution in [2.24, 2.45) is 5.92 Å². The SMILES string of the molecule is O=C(O)CN1CC(CN2CCC(O)(CCCc3ccccc3)CC2)C(c2ccccc2)C1. The molecule has 4 rings (SSSR count). The van der Waals surface area contributed by atoms with Crippen molar-refractivity contribution < 1.29 is 15.0 Å². The smallest absolute Gasteiger partial charge is 0.317 e. The van der Waals surface area contributed by atoms with E-state index in [1.54, 1.807) is 0 Å². The Kier molecular flexibility index (Phi) is 7.61. The van der Waals surface area contributed by atoms with Crippen molar-refractivity contribution in [3.05, 3.63) is 71.8 Å². The maximum atomic E-state index is 11.3. The fraction of sp³-hybridized carbons (Fsp3) is 0.519. The van der Waals surface area contributed by atoms with Gasteiger partial charge in [-0.25, -0.2) is 0 Å². The summed E-state index contributed by atoms with van der Waals surface area (Å²) < 4.78 is 0. The molecule has 0 saturated carbocycles. The molecule has 2 aromatic carbocycles. The number of likely N-dealkylation sites (tertiary alicyclic amines) is 2. The van der Waals surface area contributed by atoms with E-state index in [4.69, 9.17) is 0 Å². The fourth-order valence-electron chi connectivity index (χ4n) is 5.54. The number of rotatable bonds is 9. The molecule has 32 heavy (non-hydrogen) atoms. The summed E-state index contributed by atoms with van der Waals surface area (Å²) in [6.45, 7) is 4.54. The van der Waals surface area contributed by atoms with E-state index in [0.717, 1.165) is 64.8 Å². The van der Waals surface area contributed by atoms with Crippen molar-refractivity contribution in [1.82, 2.24) is 9.80 Å². The molecule has 2 aliphatic heterocycles. The van der Waals surface area contributed by atoms with Crippen LogP contribution in [0.5, 0.6) is 0 Å². The number of hydrogen-bond acceptors (Lipinski definition) is 4. The quantitative estimate of drug-likeness (QED) is 0.628. The maximum Gasteiger partial charge on any atom is 0.317 e. The molecule has 2 N–H and O–H groups in total. The van der Waals surface area contributed by atoms with Gasteiger partial charge in [-0.15, -0.1) is 0 Å². The zero-order valence-electron chi connectivity index (χ0n) is 18.9. The number of aryl methyl sites for hydroxylation is 1. The molecule has 2 atom stereocenters. The van der Waals surface area contributed by atoms with Gasteiger partial charge in [-0.2, -0.15) is 0 Å². The molecule has 0 spiro atoms. The van der Waals surface area contributed by atoms with Gasteiger partial charge >= 0.3 is 5.97 Å². The normalized spacial score (nSPS) is 23.9. The van der Waals surface area contributed by atoms with Crippen LogP contribution >= 0.6 is 0 Å². The molecule has 2 fully saturated rings. The molecule has 0 aromatic heterocycles. The van der Waals surface area contributed by atoms with Crippen LogP contribution < -0.4 is 0 Å². The van der Waals surface area contributed by atoms with E-state index in [1.165, 1.54) is 11.1 Å². The van der Waals surface area contributed by atoms with E-state index in [2.05, 4.69) is 58.3 Å². The molecular formula is C27H36N2O3. The van der Waals surface area contributed by atoms with Crippen LogP contribution in [0.25, 0.3) is 0 Å². The topological polar surface area (TPSA) is 64.0 Å². The standard InChI is InChI=1S/C27H36N2O3/c30-26(31)21-29-19-24(25(20-29)23-11-5-2-6-12-23)18-28-16-14-27(32,15-17-28)13-7-10-22-8-3-1-4-9-22/h1-6,8-9,11-12,24-25,32H,7,10,13-21H2,(H,30,31). The van der Waals surface area contributed by atoms with Gasteiger partial charge in [0.1, 0.15) is 0 Å². The Bertz CT molecular complexity index is 850. The molecular weight excluding hydrogens is 400 g/mol. The lowest BCUT2D eigenvalue weighted by molar-refractivity contribution is -0.138. The van der Waals surface area contributed by atoms with Crippen LogP contribution in [0.2, 0.25) is 0 Å². The van der Waals surface area contributed by atoms with E-state index in [1.807, 2.05) is 12.1 Å². The molecule has 5 heteroatoms. The molecule has 2 aromatic rings. The largest absolute Gasteiger partial charge is 0.480 e. The van der Waals surface area contributed by atoms with E-state index < -0.39 is 11.6 Å². The molecule has 0 bridgehead atoms. The summed E-state index contributed by atoms with van der Waals surface area (Å²) in [5.74, 6) is 0.0271. The average Bonchev–Trinajstić information content (AvgIpc) is 3.18. The highest BCUT2D eigenvalue weighted by molar-refractivity contribution is 5.69. The minimum absolute atomic E-state index is 0.112. The molecule has 2 heterocycles. The summed E-state index contributed by atoms with van der Waals surface area (Å²) in [7, 11) is 0. The Morgan fingerprint density at radius 2 is 1.59 bits per heavy atom. The first-order valence-electron chi connectivity index (χ1n) is 12.0. The molecule has 172 valence electrons. The van der Waals surface area contributed by atoms with Crippen LogP contribution in [0.4, 0.5) is 0 Å². The Hall–Kier alpha value is -2.21. The van der Waals surface area contributed by atoms with Crippen molar-refractivity contribution in [2.45, 2.75) is 43.6 Å². The van der Waals surface area contributed by atoms with Gasteiger partial charge in [0.2, 0.25) is 0 Å². The number of benzene rings is 2. The lowest BCUT2D eigenvalue weighted by Gasteiger charge is -2.40. The lowest BCUT2D eigenvalue weighted by atomic mass is 9.84. The maximum absolute atomic E-state index is 11.3. The first-order valence-corrected chi connectivity index (χ1v) is 12.0. The van der Waals surface area contributed by atoms with Crippen molar-refractivity contribution >= 4 is 5.97 Å². The van der Waals surface area contributed by atoms with Gasteiger partial charge in [0, 0.05) is 38.6 Å². The summed E-state index contributed by atoms with van der Waals surface area (Å²) >= 11 is 0. The minimum Gasteiger partial charge on any atom is -0.480 e. The van der Waals surface area contributed by atoms with E-state index in [-0.39, 0.29) is 6.54 Å². The van der Waals surface area contributed by atoms with Crippen LogP contribution in [0.1, 0.15) is 42.7 Å². The molecule has 5 nitrogen and oxygen atoms in total. The third kappa shape index (κ3) is 6.18. The second-order valence-electron chi connectivity index (χ2n) is 9.73. The van der Waals surface area contributed by atoms with Crippen LogP contribution in [-0.2, 0) is 11.2 Å². The molecule has 2 unspecified atom stereocenters. The molecule has 2 saturated heterocycles. The Labute approximate surface area is 191 Å².